The lowest BCUT2D eigenvalue weighted by Crippen LogP contribution is -2.48. The van der Waals surface area contributed by atoms with Crippen molar-refractivity contribution >= 4 is 11.7 Å². The first-order valence-electron chi connectivity index (χ1n) is 10.3. The lowest BCUT2D eigenvalue weighted by atomic mass is 10.1. The van der Waals surface area contributed by atoms with E-state index in [-0.39, 0.29) is 18.4 Å². The van der Waals surface area contributed by atoms with E-state index >= 15 is 0 Å². The van der Waals surface area contributed by atoms with Gasteiger partial charge in [-0.25, -0.2) is 4.98 Å². The largest absolute Gasteiger partial charge is 0.417 e. The molecule has 1 aliphatic rings. The van der Waals surface area contributed by atoms with Gasteiger partial charge in [-0.3, -0.25) is 4.79 Å². The molecule has 32 heavy (non-hydrogen) atoms. The summed E-state index contributed by atoms with van der Waals surface area (Å²) in [5.74, 6) is 1.19. The average Bonchev–Trinajstić information content (AvgIpc) is 3.27. The van der Waals surface area contributed by atoms with Crippen molar-refractivity contribution in [3.05, 3.63) is 60.1 Å². The highest BCUT2D eigenvalue weighted by Gasteiger charge is 2.31. The van der Waals surface area contributed by atoms with Crippen LogP contribution in [0, 0.1) is 0 Å². The number of piperidine rings is 1. The number of rotatable bonds is 6. The monoisotopic (exact) mass is 445 g/mol. The molecule has 0 radical (unpaired) electrons. The first-order valence-corrected chi connectivity index (χ1v) is 10.3. The molecule has 1 N–H and O–H groups in total. The maximum atomic E-state index is 12.7. The van der Waals surface area contributed by atoms with Crippen LogP contribution in [0.1, 0.15) is 30.7 Å². The summed E-state index contributed by atoms with van der Waals surface area (Å²) in [6.45, 7) is 1.16. The molecule has 1 atom stereocenters. The molecule has 1 unspecified atom stereocenters. The van der Waals surface area contributed by atoms with Crippen molar-refractivity contribution in [1.82, 2.24) is 20.4 Å². The number of hydrogen-bond acceptors (Lipinski definition) is 6. The molecule has 0 bridgehead atoms. The second-order valence-corrected chi connectivity index (χ2v) is 7.63. The molecule has 0 saturated carbocycles. The van der Waals surface area contributed by atoms with Gasteiger partial charge in [0.2, 0.25) is 17.6 Å². The zero-order valence-corrected chi connectivity index (χ0v) is 17.2. The van der Waals surface area contributed by atoms with E-state index in [4.69, 9.17) is 4.52 Å². The van der Waals surface area contributed by atoms with Gasteiger partial charge in [0.05, 0.1) is 5.56 Å². The SMILES string of the molecule is O=C(CCc1nc(-c2ccccc2)no1)NC1CCCN(c2ccc(C(F)(F)F)cn2)C1. The van der Waals surface area contributed by atoms with E-state index in [0.717, 1.165) is 30.7 Å². The second kappa shape index (κ2) is 9.37. The Morgan fingerprint density at radius 1 is 1.19 bits per heavy atom. The number of hydrogen-bond donors (Lipinski definition) is 1. The summed E-state index contributed by atoms with van der Waals surface area (Å²) in [6, 6.07) is 11.7. The summed E-state index contributed by atoms with van der Waals surface area (Å²) in [5, 5.41) is 6.93. The number of halogens is 3. The Bertz CT molecular complexity index is 1040. The van der Waals surface area contributed by atoms with Gasteiger partial charge in [0.15, 0.2) is 0 Å². The minimum atomic E-state index is -4.41. The van der Waals surface area contributed by atoms with Crippen molar-refractivity contribution in [2.45, 2.75) is 37.9 Å². The van der Waals surface area contributed by atoms with Gasteiger partial charge in [-0.05, 0) is 25.0 Å². The van der Waals surface area contributed by atoms with E-state index in [2.05, 4.69) is 20.4 Å². The van der Waals surface area contributed by atoms with Gasteiger partial charge >= 0.3 is 6.18 Å². The Balaban J connectivity index is 1.28. The smallest absolute Gasteiger partial charge is 0.355 e. The third-order valence-corrected chi connectivity index (χ3v) is 5.25. The highest BCUT2D eigenvalue weighted by atomic mass is 19.4. The maximum absolute atomic E-state index is 12.7. The van der Waals surface area contributed by atoms with E-state index in [1.807, 2.05) is 35.2 Å². The summed E-state index contributed by atoms with van der Waals surface area (Å²) < 4.78 is 43.4. The van der Waals surface area contributed by atoms with Gasteiger partial charge in [-0.2, -0.15) is 18.2 Å². The quantitative estimate of drug-likeness (QED) is 0.620. The standard InChI is InChI=1S/C22H22F3N5O2/c23-22(24,25)16-8-9-18(26-13-16)30-12-4-7-17(14-30)27-19(31)10-11-20-28-21(29-32-20)15-5-2-1-3-6-15/h1-3,5-6,8-9,13,17H,4,7,10-12,14H2,(H,27,31). The molecular weight excluding hydrogens is 423 g/mol. The fourth-order valence-corrected chi connectivity index (χ4v) is 3.63. The molecule has 0 spiro atoms. The molecule has 4 rings (SSSR count). The van der Waals surface area contributed by atoms with Gasteiger partial charge in [-0.15, -0.1) is 0 Å². The van der Waals surface area contributed by atoms with E-state index in [9.17, 15) is 18.0 Å². The zero-order valence-electron chi connectivity index (χ0n) is 17.2. The van der Waals surface area contributed by atoms with Crippen molar-refractivity contribution in [3.8, 4) is 11.4 Å². The zero-order chi connectivity index (χ0) is 22.6. The number of nitrogens with one attached hydrogen (secondary N) is 1. The Morgan fingerprint density at radius 2 is 2.00 bits per heavy atom. The summed E-state index contributed by atoms with van der Waals surface area (Å²) in [4.78, 5) is 22.6. The molecule has 1 fully saturated rings. The fourth-order valence-electron chi connectivity index (χ4n) is 3.63. The predicted octanol–water partition coefficient (Wildman–Crippen LogP) is 3.87. The van der Waals surface area contributed by atoms with Gasteiger partial charge in [0.25, 0.3) is 0 Å². The Kier molecular flexibility index (Phi) is 6.38. The number of aryl methyl sites for hydroxylation is 1. The average molecular weight is 445 g/mol. The first kappa shape index (κ1) is 21.8. The van der Waals surface area contributed by atoms with Crippen LogP contribution < -0.4 is 10.2 Å². The van der Waals surface area contributed by atoms with Crippen LogP contribution in [0.3, 0.4) is 0 Å². The minimum Gasteiger partial charge on any atom is -0.355 e. The highest BCUT2D eigenvalue weighted by Crippen LogP contribution is 2.29. The normalized spacial score (nSPS) is 16.7. The minimum absolute atomic E-state index is 0.108. The number of alkyl halides is 3. The van der Waals surface area contributed by atoms with Gasteiger partial charge in [-0.1, -0.05) is 35.5 Å². The number of carbonyl (C=O) groups is 1. The third-order valence-electron chi connectivity index (χ3n) is 5.25. The van der Waals surface area contributed by atoms with Crippen molar-refractivity contribution in [2.24, 2.45) is 0 Å². The molecule has 0 aliphatic carbocycles. The Labute approximate surface area is 182 Å². The second-order valence-electron chi connectivity index (χ2n) is 7.63. The van der Waals surface area contributed by atoms with Crippen LogP contribution in [0.25, 0.3) is 11.4 Å². The topological polar surface area (TPSA) is 84.1 Å². The van der Waals surface area contributed by atoms with Crippen LogP contribution in [0.5, 0.6) is 0 Å². The number of benzene rings is 1. The molecule has 1 aliphatic heterocycles. The van der Waals surface area contributed by atoms with E-state index in [1.54, 1.807) is 0 Å². The predicted molar refractivity (Wildman–Crippen MR) is 111 cm³/mol. The van der Waals surface area contributed by atoms with Gasteiger partial charge in [0.1, 0.15) is 5.82 Å². The number of aromatic nitrogens is 3. The molecule has 1 amide bonds. The molecule has 1 aromatic carbocycles. The molecule has 168 valence electrons. The van der Waals surface area contributed by atoms with Crippen LogP contribution in [0.2, 0.25) is 0 Å². The molecule has 10 heteroatoms. The van der Waals surface area contributed by atoms with Crippen LogP contribution >= 0.6 is 0 Å². The summed E-state index contributed by atoms with van der Waals surface area (Å²) in [7, 11) is 0. The number of anilines is 1. The fraction of sp³-hybridized carbons (Fsp3) is 0.364. The number of nitrogens with zero attached hydrogens (tertiary/aromatic N) is 4. The summed E-state index contributed by atoms with van der Waals surface area (Å²) in [5.41, 5.74) is 0.0608. The van der Waals surface area contributed by atoms with Crippen LogP contribution in [0.4, 0.5) is 19.0 Å². The molecule has 7 nitrogen and oxygen atoms in total. The Hall–Kier alpha value is -3.43. The first-order chi connectivity index (χ1) is 15.4. The Morgan fingerprint density at radius 3 is 2.72 bits per heavy atom. The number of amides is 1. The molecule has 1 saturated heterocycles. The van der Waals surface area contributed by atoms with Crippen molar-refractivity contribution < 1.29 is 22.5 Å². The third kappa shape index (κ3) is 5.43. The molecule has 3 heterocycles. The lowest BCUT2D eigenvalue weighted by Gasteiger charge is -2.34. The van der Waals surface area contributed by atoms with Crippen molar-refractivity contribution in [3.63, 3.8) is 0 Å². The van der Waals surface area contributed by atoms with Crippen LogP contribution in [-0.4, -0.2) is 40.2 Å². The van der Waals surface area contributed by atoms with Gasteiger partial charge < -0.3 is 14.7 Å². The van der Waals surface area contributed by atoms with Crippen LogP contribution in [0.15, 0.2) is 53.2 Å². The summed E-state index contributed by atoms with van der Waals surface area (Å²) in [6.07, 6.45) is -1.46. The van der Waals surface area contributed by atoms with Crippen molar-refractivity contribution in [2.75, 3.05) is 18.0 Å². The van der Waals surface area contributed by atoms with E-state index in [0.29, 0.717) is 37.0 Å². The number of pyridine rings is 1. The van der Waals surface area contributed by atoms with Crippen LogP contribution in [-0.2, 0) is 17.4 Å². The van der Waals surface area contributed by atoms with Gasteiger partial charge in [0, 0.05) is 43.7 Å². The van der Waals surface area contributed by atoms with Crippen molar-refractivity contribution in [1.29, 1.82) is 0 Å². The molecule has 3 aromatic rings. The molecule has 2 aromatic heterocycles. The lowest BCUT2D eigenvalue weighted by molar-refractivity contribution is -0.137. The van der Waals surface area contributed by atoms with E-state index in [1.165, 1.54) is 6.07 Å². The molecular formula is C22H22F3N5O2. The van der Waals surface area contributed by atoms with E-state index < -0.39 is 11.7 Å². The maximum Gasteiger partial charge on any atom is 0.417 e. The summed E-state index contributed by atoms with van der Waals surface area (Å²) >= 11 is 0. The highest BCUT2D eigenvalue weighted by molar-refractivity contribution is 5.76. The number of carbonyl (C=O) groups excluding carboxylic acids is 1.